The first kappa shape index (κ1) is 11.4. The molecule has 0 radical (unpaired) electrons. The van der Waals surface area contributed by atoms with E-state index in [1.807, 2.05) is 0 Å². The van der Waals surface area contributed by atoms with E-state index in [9.17, 15) is 5.11 Å². The summed E-state index contributed by atoms with van der Waals surface area (Å²) in [6.07, 6.45) is 7.47. The van der Waals surface area contributed by atoms with Gasteiger partial charge >= 0.3 is 0 Å². The molecular formula is C13H20OS. The van der Waals surface area contributed by atoms with Crippen LogP contribution in [0.15, 0.2) is 0 Å². The summed E-state index contributed by atoms with van der Waals surface area (Å²) in [4.78, 5) is 0. The van der Waals surface area contributed by atoms with Gasteiger partial charge in [0, 0.05) is 23.3 Å². The van der Waals surface area contributed by atoms with Gasteiger partial charge in [0.05, 0.1) is 5.60 Å². The van der Waals surface area contributed by atoms with Gasteiger partial charge in [-0.2, -0.15) is 11.8 Å². The van der Waals surface area contributed by atoms with Crippen LogP contribution in [0.3, 0.4) is 0 Å². The van der Waals surface area contributed by atoms with Gasteiger partial charge in [0.15, 0.2) is 0 Å². The summed E-state index contributed by atoms with van der Waals surface area (Å²) in [5, 5.41) is 11.9. The molecule has 2 saturated heterocycles. The average molecular weight is 224 g/mol. The van der Waals surface area contributed by atoms with Crippen molar-refractivity contribution in [3.05, 3.63) is 0 Å². The molecule has 0 spiro atoms. The number of hydrogen-bond acceptors (Lipinski definition) is 2. The first-order chi connectivity index (χ1) is 7.22. The molecule has 0 saturated carbocycles. The zero-order valence-electron chi connectivity index (χ0n) is 9.46. The highest BCUT2D eigenvalue weighted by atomic mass is 32.2. The lowest BCUT2D eigenvalue weighted by Crippen LogP contribution is -2.42. The van der Waals surface area contributed by atoms with E-state index in [0.29, 0.717) is 16.9 Å². The summed E-state index contributed by atoms with van der Waals surface area (Å²) in [7, 11) is 0. The summed E-state index contributed by atoms with van der Waals surface area (Å²) in [5.74, 6) is 6.19. The summed E-state index contributed by atoms with van der Waals surface area (Å²) < 4.78 is 0. The predicted molar refractivity (Wildman–Crippen MR) is 65.9 cm³/mol. The van der Waals surface area contributed by atoms with E-state index in [-0.39, 0.29) is 0 Å². The van der Waals surface area contributed by atoms with Gasteiger partial charge < -0.3 is 5.11 Å². The third kappa shape index (κ3) is 2.92. The van der Waals surface area contributed by atoms with Crippen LogP contribution < -0.4 is 0 Å². The van der Waals surface area contributed by atoms with Crippen LogP contribution in [0.1, 0.15) is 51.9 Å². The topological polar surface area (TPSA) is 20.2 Å². The Morgan fingerprint density at radius 3 is 2.53 bits per heavy atom. The third-order valence-corrected chi connectivity index (χ3v) is 4.95. The Labute approximate surface area is 97.0 Å². The minimum absolute atomic E-state index is 0.469. The van der Waals surface area contributed by atoms with E-state index in [4.69, 9.17) is 0 Å². The Bertz CT molecular complexity index is 264. The molecule has 0 aromatic rings. The predicted octanol–water partition coefficient (Wildman–Crippen LogP) is 2.97. The molecule has 1 nitrogen and oxygen atoms in total. The van der Waals surface area contributed by atoms with Crippen LogP contribution in [0.4, 0.5) is 0 Å². The fraction of sp³-hybridized carbons (Fsp3) is 0.846. The van der Waals surface area contributed by atoms with Crippen molar-refractivity contribution in [3.63, 3.8) is 0 Å². The van der Waals surface area contributed by atoms with Gasteiger partial charge in [-0.3, -0.25) is 0 Å². The lowest BCUT2D eigenvalue weighted by molar-refractivity contribution is 0.0175. The molecule has 0 aliphatic carbocycles. The van der Waals surface area contributed by atoms with Crippen molar-refractivity contribution in [2.75, 3.05) is 0 Å². The Kier molecular flexibility index (Phi) is 3.64. The van der Waals surface area contributed by atoms with Crippen molar-refractivity contribution >= 4 is 11.8 Å². The Morgan fingerprint density at radius 2 is 1.93 bits per heavy atom. The lowest BCUT2D eigenvalue weighted by Gasteiger charge is -2.43. The first-order valence-electron chi connectivity index (χ1n) is 6.05. The summed E-state index contributed by atoms with van der Waals surface area (Å²) in [6.45, 7) is 2.06. The largest absolute Gasteiger partial charge is 0.389 e. The van der Waals surface area contributed by atoms with Gasteiger partial charge in [-0.05, 0) is 25.7 Å². The fourth-order valence-corrected chi connectivity index (χ4v) is 4.67. The normalized spacial score (nSPS) is 39.3. The Balaban J connectivity index is 1.96. The fourth-order valence-electron chi connectivity index (χ4n) is 2.71. The standard InChI is InChI=1S/C13H20OS/c1-2-3-4-8-13(14)9-11-6-5-7-12(10-13)15-11/h11-12,14H,2,5-10H2,1H3. The van der Waals surface area contributed by atoms with Crippen LogP contribution in [0.25, 0.3) is 0 Å². The first-order valence-corrected chi connectivity index (χ1v) is 7.00. The van der Waals surface area contributed by atoms with Gasteiger partial charge in [-0.25, -0.2) is 0 Å². The molecule has 2 fully saturated rings. The Morgan fingerprint density at radius 1 is 1.27 bits per heavy atom. The van der Waals surface area contributed by atoms with Gasteiger partial charge in [-0.1, -0.05) is 13.3 Å². The van der Waals surface area contributed by atoms with Crippen LogP contribution in [0, 0.1) is 11.8 Å². The van der Waals surface area contributed by atoms with Crippen molar-refractivity contribution in [3.8, 4) is 11.8 Å². The maximum Gasteiger partial charge on any atom is 0.0777 e. The molecule has 2 bridgehead atoms. The van der Waals surface area contributed by atoms with Gasteiger partial charge in [-0.15, -0.1) is 11.8 Å². The molecule has 84 valence electrons. The van der Waals surface area contributed by atoms with Gasteiger partial charge in [0.1, 0.15) is 0 Å². The Hall–Kier alpha value is -0.130. The molecule has 2 heteroatoms. The minimum Gasteiger partial charge on any atom is -0.389 e. The minimum atomic E-state index is -0.469. The molecule has 2 heterocycles. The van der Waals surface area contributed by atoms with Crippen LogP contribution in [0.5, 0.6) is 0 Å². The smallest absolute Gasteiger partial charge is 0.0777 e. The number of aliphatic hydroxyl groups is 1. The highest BCUT2D eigenvalue weighted by molar-refractivity contribution is 8.00. The lowest BCUT2D eigenvalue weighted by atomic mass is 9.83. The molecule has 1 N–H and O–H groups in total. The maximum atomic E-state index is 10.5. The van der Waals surface area contributed by atoms with E-state index in [1.54, 1.807) is 0 Å². The van der Waals surface area contributed by atoms with Crippen molar-refractivity contribution in [1.82, 2.24) is 0 Å². The van der Waals surface area contributed by atoms with Crippen LogP contribution >= 0.6 is 11.8 Å². The maximum absolute atomic E-state index is 10.5. The van der Waals surface area contributed by atoms with Gasteiger partial charge in [0.2, 0.25) is 0 Å². The highest BCUT2D eigenvalue weighted by Gasteiger charge is 2.40. The second kappa shape index (κ2) is 4.80. The molecule has 0 aromatic carbocycles. The quantitative estimate of drug-likeness (QED) is 0.691. The number of thioether (sulfide) groups is 1. The average Bonchev–Trinajstić information content (AvgIpc) is 2.17. The van der Waals surface area contributed by atoms with E-state index in [0.717, 1.165) is 19.3 Å². The molecule has 2 aliphatic heterocycles. The monoisotopic (exact) mass is 224 g/mol. The number of rotatable bonds is 1. The summed E-state index contributed by atoms with van der Waals surface area (Å²) in [5.41, 5.74) is -0.469. The zero-order chi connectivity index (χ0) is 10.7. The van der Waals surface area contributed by atoms with E-state index in [2.05, 4.69) is 30.5 Å². The molecular weight excluding hydrogens is 204 g/mol. The van der Waals surface area contributed by atoms with E-state index in [1.165, 1.54) is 19.3 Å². The van der Waals surface area contributed by atoms with Crippen LogP contribution in [0.2, 0.25) is 0 Å². The number of fused-ring (bicyclic) bond motifs is 2. The van der Waals surface area contributed by atoms with Crippen molar-refractivity contribution in [2.24, 2.45) is 0 Å². The van der Waals surface area contributed by atoms with E-state index < -0.39 is 5.60 Å². The van der Waals surface area contributed by atoms with Crippen molar-refractivity contribution < 1.29 is 5.11 Å². The van der Waals surface area contributed by atoms with Crippen molar-refractivity contribution in [1.29, 1.82) is 0 Å². The summed E-state index contributed by atoms with van der Waals surface area (Å²) in [6, 6.07) is 0. The summed E-state index contributed by atoms with van der Waals surface area (Å²) >= 11 is 2.11. The second-order valence-electron chi connectivity index (χ2n) is 4.83. The molecule has 2 unspecified atom stereocenters. The molecule has 15 heavy (non-hydrogen) atoms. The zero-order valence-corrected chi connectivity index (χ0v) is 10.3. The highest BCUT2D eigenvalue weighted by Crippen LogP contribution is 2.46. The number of hydrogen-bond donors (Lipinski definition) is 1. The molecule has 0 aromatic heterocycles. The molecule has 2 atom stereocenters. The SMILES string of the molecule is CCC#CCC1(O)CC2CCCC(C1)S2. The third-order valence-electron chi connectivity index (χ3n) is 3.37. The van der Waals surface area contributed by atoms with Crippen LogP contribution in [-0.4, -0.2) is 21.2 Å². The van der Waals surface area contributed by atoms with Crippen LogP contribution in [-0.2, 0) is 0 Å². The van der Waals surface area contributed by atoms with Gasteiger partial charge in [0.25, 0.3) is 0 Å². The van der Waals surface area contributed by atoms with E-state index >= 15 is 0 Å². The molecule has 0 amide bonds. The van der Waals surface area contributed by atoms with Crippen molar-refractivity contribution in [2.45, 2.75) is 68.0 Å². The second-order valence-corrected chi connectivity index (χ2v) is 6.43. The molecule has 2 aliphatic rings. The molecule has 2 rings (SSSR count).